The first-order valence-corrected chi connectivity index (χ1v) is 10.8. The molecule has 9 heteroatoms. The van der Waals surface area contributed by atoms with Gasteiger partial charge in [-0.2, -0.15) is 5.26 Å². The quantitative estimate of drug-likeness (QED) is 0.771. The van der Waals surface area contributed by atoms with Gasteiger partial charge in [-0.25, -0.2) is 13.4 Å². The van der Waals surface area contributed by atoms with Crippen LogP contribution in [-0.2, 0) is 9.84 Å². The lowest BCUT2D eigenvalue weighted by Crippen LogP contribution is -2.46. The average Bonchev–Trinajstić information content (AvgIpc) is 3.17. The molecule has 0 atom stereocenters. The van der Waals surface area contributed by atoms with E-state index in [2.05, 4.69) is 11.4 Å². The number of amides is 1. The molecule has 1 aliphatic heterocycles. The predicted octanol–water partition coefficient (Wildman–Crippen LogP) is 2.42. The van der Waals surface area contributed by atoms with Crippen molar-refractivity contribution < 1.29 is 13.2 Å². The van der Waals surface area contributed by atoms with Crippen LogP contribution < -0.4 is 5.32 Å². The van der Waals surface area contributed by atoms with Gasteiger partial charge in [-0.1, -0.05) is 18.2 Å². The van der Waals surface area contributed by atoms with Gasteiger partial charge in [-0.05, 0) is 49.0 Å². The molecule has 0 aromatic heterocycles. The van der Waals surface area contributed by atoms with Crippen LogP contribution >= 0.6 is 12.2 Å². The van der Waals surface area contributed by atoms with Crippen LogP contribution in [0.15, 0.2) is 53.4 Å². The summed E-state index contributed by atoms with van der Waals surface area (Å²) in [4.78, 5) is 13.1. The van der Waals surface area contributed by atoms with Crippen molar-refractivity contribution in [3.05, 3.63) is 59.7 Å². The number of thiocarbonyl (C=S) groups is 1. The molecule has 28 heavy (non-hydrogen) atoms. The highest BCUT2D eigenvalue weighted by Gasteiger charge is 2.32. The third-order valence-electron chi connectivity index (χ3n) is 4.26. The van der Waals surface area contributed by atoms with Gasteiger partial charge in [0.25, 0.3) is 5.91 Å². The number of nitriles is 1. The third-order valence-corrected chi connectivity index (χ3v) is 5.73. The molecular formula is C19H18N4O3S2. The zero-order valence-electron chi connectivity index (χ0n) is 15.1. The van der Waals surface area contributed by atoms with Crippen LogP contribution in [-0.4, -0.2) is 48.8 Å². The molecule has 0 spiro atoms. The van der Waals surface area contributed by atoms with Gasteiger partial charge >= 0.3 is 0 Å². The fourth-order valence-corrected chi connectivity index (χ4v) is 4.18. The molecule has 1 N–H and O–H groups in total. The third kappa shape index (κ3) is 4.13. The van der Waals surface area contributed by atoms with Crippen LogP contribution in [0.2, 0.25) is 0 Å². The zero-order chi connectivity index (χ0) is 20.3. The molecule has 144 valence electrons. The number of sulfone groups is 1. The molecule has 2 aromatic rings. The number of hydrogen-bond acceptors (Lipinski definition) is 5. The molecule has 1 fully saturated rings. The summed E-state index contributed by atoms with van der Waals surface area (Å²) in [5.74, 6) is -0.423. The summed E-state index contributed by atoms with van der Waals surface area (Å²) in [6, 6.07) is 15.1. The van der Waals surface area contributed by atoms with Crippen molar-refractivity contribution in [2.45, 2.75) is 11.3 Å². The topological polar surface area (TPSA) is 93.5 Å². The lowest BCUT2D eigenvalue weighted by molar-refractivity contribution is 0.0497. The van der Waals surface area contributed by atoms with Gasteiger partial charge in [-0.15, -0.1) is 0 Å². The van der Waals surface area contributed by atoms with Crippen molar-refractivity contribution in [2.75, 3.05) is 24.7 Å². The van der Waals surface area contributed by atoms with E-state index >= 15 is 0 Å². The molecule has 0 saturated carbocycles. The van der Waals surface area contributed by atoms with Crippen molar-refractivity contribution in [3.63, 3.8) is 0 Å². The molecule has 2 aromatic carbocycles. The highest BCUT2D eigenvalue weighted by molar-refractivity contribution is 7.90. The van der Waals surface area contributed by atoms with E-state index in [-0.39, 0.29) is 10.5 Å². The SMILES string of the molecule is CS(=O)(=O)c1ccccc1C(=O)N1CCCN1C(=S)Nc1cccc(C#N)c1. The summed E-state index contributed by atoms with van der Waals surface area (Å²) in [5, 5.41) is 15.4. The second-order valence-electron chi connectivity index (χ2n) is 6.30. The van der Waals surface area contributed by atoms with E-state index in [1.165, 1.54) is 17.1 Å². The van der Waals surface area contributed by atoms with Crippen molar-refractivity contribution in [3.8, 4) is 6.07 Å². The minimum Gasteiger partial charge on any atom is -0.331 e. The number of nitrogens with zero attached hydrogens (tertiary/aromatic N) is 3. The standard InChI is InChI=1S/C19H18N4O3S2/c1-28(25,26)17-9-3-2-8-16(17)18(24)22-10-5-11-23(22)19(27)21-15-7-4-6-14(12-15)13-20/h2-4,6-9,12H,5,10-11H2,1H3,(H,21,27). The molecule has 3 rings (SSSR count). The molecular weight excluding hydrogens is 396 g/mol. The van der Waals surface area contributed by atoms with Gasteiger partial charge in [-0.3, -0.25) is 9.80 Å². The maximum absolute atomic E-state index is 13.1. The molecule has 0 aliphatic carbocycles. The van der Waals surface area contributed by atoms with Crippen LogP contribution in [0.4, 0.5) is 5.69 Å². The highest BCUT2D eigenvalue weighted by atomic mass is 32.2. The molecule has 7 nitrogen and oxygen atoms in total. The van der Waals surface area contributed by atoms with Gasteiger partial charge in [0.1, 0.15) is 0 Å². The van der Waals surface area contributed by atoms with Crippen LogP contribution in [0.3, 0.4) is 0 Å². The fourth-order valence-electron chi connectivity index (χ4n) is 2.99. The highest BCUT2D eigenvalue weighted by Crippen LogP contribution is 2.22. The molecule has 1 heterocycles. The van der Waals surface area contributed by atoms with Crippen molar-refractivity contribution >= 4 is 38.8 Å². The van der Waals surface area contributed by atoms with Gasteiger partial charge in [0.05, 0.1) is 22.1 Å². The lowest BCUT2D eigenvalue weighted by Gasteiger charge is -2.30. The van der Waals surface area contributed by atoms with Crippen molar-refractivity contribution in [1.29, 1.82) is 5.26 Å². The smallest absolute Gasteiger partial charge is 0.273 e. The molecule has 0 radical (unpaired) electrons. The number of rotatable bonds is 3. The Labute approximate surface area is 169 Å². The molecule has 0 bridgehead atoms. The second-order valence-corrected chi connectivity index (χ2v) is 8.67. The summed E-state index contributed by atoms with van der Waals surface area (Å²) in [6.07, 6.45) is 1.78. The fraction of sp³-hybridized carbons (Fsp3) is 0.211. The first-order valence-electron chi connectivity index (χ1n) is 8.51. The average molecular weight is 415 g/mol. The molecule has 0 unspecified atom stereocenters. The van der Waals surface area contributed by atoms with Crippen LogP contribution in [0, 0.1) is 11.3 Å². The monoisotopic (exact) mass is 414 g/mol. The first-order chi connectivity index (χ1) is 13.3. The number of carbonyl (C=O) groups is 1. The second kappa shape index (κ2) is 7.96. The van der Waals surface area contributed by atoms with E-state index in [4.69, 9.17) is 17.5 Å². The number of hydrogen-bond donors (Lipinski definition) is 1. The number of anilines is 1. The largest absolute Gasteiger partial charge is 0.331 e. The Kier molecular flexibility index (Phi) is 5.63. The van der Waals surface area contributed by atoms with Gasteiger partial charge in [0.2, 0.25) is 0 Å². The Morgan fingerprint density at radius 3 is 2.57 bits per heavy atom. The summed E-state index contributed by atoms with van der Waals surface area (Å²) < 4.78 is 24.1. The van der Waals surface area contributed by atoms with Gasteiger partial charge in [0.15, 0.2) is 14.9 Å². The zero-order valence-corrected chi connectivity index (χ0v) is 16.8. The molecule has 1 aliphatic rings. The minimum atomic E-state index is -3.55. The Morgan fingerprint density at radius 2 is 1.86 bits per heavy atom. The van der Waals surface area contributed by atoms with E-state index in [1.54, 1.807) is 41.4 Å². The Morgan fingerprint density at radius 1 is 1.14 bits per heavy atom. The van der Waals surface area contributed by atoms with Crippen molar-refractivity contribution in [1.82, 2.24) is 10.0 Å². The maximum atomic E-state index is 13.1. The Balaban J connectivity index is 1.84. The van der Waals surface area contributed by atoms with Gasteiger partial charge in [0, 0.05) is 25.0 Å². The number of nitrogens with one attached hydrogen (secondary N) is 1. The first kappa shape index (κ1) is 19.8. The van der Waals surface area contributed by atoms with Gasteiger partial charge < -0.3 is 5.32 Å². The minimum absolute atomic E-state index is 0.00699. The maximum Gasteiger partial charge on any atom is 0.273 e. The van der Waals surface area contributed by atoms with Crippen molar-refractivity contribution in [2.24, 2.45) is 0 Å². The van der Waals surface area contributed by atoms with E-state index < -0.39 is 15.7 Å². The number of carbonyl (C=O) groups excluding carboxylic acids is 1. The van der Waals surface area contributed by atoms with Crippen LogP contribution in [0.1, 0.15) is 22.3 Å². The molecule has 1 saturated heterocycles. The summed E-state index contributed by atoms with van der Waals surface area (Å²) >= 11 is 5.45. The molecule has 1 amide bonds. The van der Waals surface area contributed by atoms with E-state index in [0.29, 0.717) is 35.9 Å². The predicted molar refractivity (Wildman–Crippen MR) is 109 cm³/mol. The van der Waals surface area contributed by atoms with E-state index in [9.17, 15) is 13.2 Å². The summed E-state index contributed by atoms with van der Waals surface area (Å²) in [6.45, 7) is 0.952. The summed E-state index contributed by atoms with van der Waals surface area (Å²) in [7, 11) is -3.55. The van der Waals surface area contributed by atoms with Crippen LogP contribution in [0.5, 0.6) is 0 Å². The van der Waals surface area contributed by atoms with E-state index in [1.807, 2.05) is 0 Å². The number of benzene rings is 2. The summed E-state index contributed by atoms with van der Waals surface area (Å²) in [5.41, 5.74) is 1.25. The number of hydrazine groups is 1. The normalized spacial score (nSPS) is 13.9. The Bertz CT molecular complexity index is 1080. The van der Waals surface area contributed by atoms with Crippen LogP contribution in [0.25, 0.3) is 0 Å². The van der Waals surface area contributed by atoms with E-state index in [0.717, 1.165) is 6.26 Å². The lowest BCUT2D eigenvalue weighted by atomic mass is 10.2. The Hall–Kier alpha value is -2.96.